The largest absolute Gasteiger partial charge is 0.454 e. The summed E-state index contributed by atoms with van der Waals surface area (Å²) in [5.41, 5.74) is 1.93. The smallest absolute Gasteiger partial charge is 0.257 e. The monoisotopic (exact) mass is 423 g/mol. The first-order valence-corrected chi connectivity index (χ1v) is 10.8. The minimum Gasteiger partial charge on any atom is -0.454 e. The minimum absolute atomic E-state index is 0.0661. The average Bonchev–Trinajstić information content (AvgIpc) is 3.42. The summed E-state index contributed by atoms with van der Waals surface area (Å²) in [7, 11) is 0. The Labute approximate surface area is 181 Å². The molecule has 7 heteroatoms. The molecule has 3 heterocycles. The molecule has 0 saturated carbocycles. The molecule has 2 aromatic rings. The molecule has 0 aromatic heterocycles. The average molecular weight is 423 g/mol. The van der Waals surface area contributed by atoms with Crippen molar-refractivity contribution >= 4 is 11.6 Å². The normalized spacial score (nSPS) is 21.4. The molecule has 1 saturated heterocycles. The zero-order valence-corrected chi connectivity index (χ0v) is 17.6. The summed E-state index contributed by atoms with van der Waals surface area (Å²) in [6.07, 6.45) is 2.65. The van der Waals surface area contributed by atoms with E-state index in [1.165, 1.54) is 11.1 Å². The molecule has 0 aliphatic carbocycles. The highest BCUT2D eigenvalue weighted by Gasteiger charge is 2.35. The van der Waals surface area contributed by atoms with Gasteiger partial charge in [0.1, 0.15) is 5.82 Å². The Balaban J connectivity index is 1.43. The van der Waals surface area contributed by atoms with E-state index in [4.69, 9.17) is 9.47 Å². The zero-order chi connectivity index (χ0) is 21.4. The predicted molar refractivity (Wildman–Crippen MR) is 115 cm³/mol. The second-order valence-electron chi connectivity index (χ2n) is 8.56. The van der Waals surface area contributed by atoms with Gasteiger partial charge < -0.3 is 9.47 Å². The number of rotatable bonds is 4. The fourth-order valence-electron chi connectivity index (χ4n) is 4.46. The van der Waals surface area contributed by atoms with Crippen LogP contribution in [-0.2, 0) is 4.79 Å². The van der Waals surface area contributed by atoms with E-state index in [1.54, 1.807) is 18.2 Å². The number of halogens is 1. The summed E-state index contributed by atoms with van der Waals surface area (Å²) >= 11 is 0. The number of hydrazone groups is 1. The third kappa shape index (κ3) is 4.02. The van der Waals surface area contributed by atoms with Gasteiger partial charge in [-0.3, -0.25) is 9.69 Å². The van der Waals surface area contributed by atoms with Crippen LogP contribution in [0, 0.1) is 11.7 Å². The van der Waals surface area contributed by atoms with E-state index < -0.39 is 0 Å². The lowest BCUT2D eigenvalue weighted by atomic mass is 9.97. The van der Waals surface area contributed by atoms with Crippen LogP contribution in [0.5, 0.6) is 11.5 Å². The Hall–Kier alpha value is -2.93. The van der Waals surface area contributed by atoms with Crippen LogP contribution >= 0.6 is 0 Å². The van der Waals surface area contributed by atoms with Crippen LogP contribution in [0.3, 0.4) is 0 Å². The molecule has 1 atom stereocenters. The summed E-state index contributed by atoms with van der Waals surface area (Å²) in [5.74, 6) is 1.66. The van der Waals surface area contributed by atoms with Crippen molar-refractivity contribution in [3.05, 3.63) is 59.4 Å². The van der Waals surface area contributed by atoms with Gasteiger partial charge in [0.25, 0.3) is 5.91 Å². The maximum absolute atomic E-state index is 14.5. The summed E-state index contributed by atoms with van der Waals surface area (Å²) in [6, 6.07) is 12.0. The number of amides is 1. The van der Waals surface area contributed by atoms with Crippen molar-refractivity contribution in [2.45, 2.75) is 32.2 Å². The van der Waals surface area contributed by atoms with E-state index in [0.29, 0.717) is 41.7 Å². The van der Waals surface area contributed by atoms with Gasteiger partial charge in [-0.15, -0.1) is 0 Å². The van der Waals surface area contributed by atoms with Crippen molar-refractivity contribution < 1.29 is 18.7 Å². The van der Waals surface area contributed by atoms with Crippen LogP contribution < -0.4 is 9.47 Å². The van der Waals surface area contributed by atoms with Crippen LogP contribution in [0.1, 0.15) is 43.4 Å². The first-order chi connectivity index (χ1) is 15.1. The molecular formula is C24H26FN3O3. The predicted octanol–water partition coefficient (Wildman–Crippen LogP) is 3.96. The Morgan fingerprint density at radius 1 is 1.13 bits per heavy atom. The number of fused-ring (bicyclic) bond motifs is 1. The first kappa shape index (κ1) is 20.0. The van der Waals surface area contributed by atoms with Gasteiger partial charge in [-0.2, -0.15) is 5.10 Å². The third-order valence-corrected chi connectivity index (χ3v) is 6.37. The molecular weight excluding hydrogens is 397 g/mol. The molecule has 6 nitrogen and oxygen atoms in total. The molecule has 1 fully saturated rings. The Kier molecular flexibility index (Phi) is 5.36. The van der Waals surface area contributed by atoms with Crippen molar-refractivity contribution in [1.29, 1.82) is 0 Å². The molecule has 162 valence electrons. The first-order valence-electron chi connectivity index (χ1n) is 10.8. The number of nitrogens with zero attached hydrogens (tertiary/aromatic N) is 3. The number of benzene rings is 2. The number of ether oxygens (including phenoxy) is 2. The van der Waals surface area contributed by atoms with Gasteiger partial charge in [0.05, 0.1) is 18.3 Å². The molecule has 3 aliphatic rings. The molecule has 0 bridgehead atoms. The summed E-state index contributed by atoms with van der Waals surface area (Å²) in [4.78, 5) is 15.5. The Morgan fingerprint density at radius 3 is 2.71 bits per heavy atom. The molecule has 5 rings (SSSR count). The molecule has 2 aromatic carbocycles. The summed E-state index contributed by atoms with van der Waals surface area (Å²) < 4.78 is 25.4. The number of carbonyl (C=O) groups is 1. The lowest BCUT2D eigenvalue weighted by Gasteiger charge is -2.31. The van der Waals surface area contributed by atoms with Crippen molar-refractivity contribution in [2.75, 3.05) is 26.4 Å². The van der Waals surface area contributed by atoms with E-state index in [9.17, 15) is 9.18 Å². The zero-order valence-electron chi connectivity index (χ0n) is 17.6. The number of hydrogen-bond acceptors (Lipinski definition) is 5. The number of piperidine rings is 1. The second-order valence-corrected chi connectivity index (χ2v) is 8.56. The molecule has 3 aliphatic heterocycles. The van der Waals surface area contributed by atoms with E-state index in [1.807, 2.05) is 18.2 Å². The molecule has 1 unspecified atom stereocenters. The van der Waals surface area contributed by atoms with Crippen molar-refractivity contribution in [3.63, 3.8) is 0 Å². The van der Waals surface area contributed by atoms with Gasteiger partial charge in [0.2, 0.25) is 6.79 Å². The highest BCUT2D eigenvalue weighted by atomic mass is 19.1. The molecule has 0 radical (unpaired) electrons. The molecule has 1 amide bonds. The highest BCUT2D eigenvalue weighted by Crippen LogP contribution is 2.39. The lowest BCUT2D eigenvalue weighted by Crippen LogP contribution is -2.41. The van der Waals surface area contributed by atoms with E-state index in [2.05, 4.69) is 16.9 Å². The van der Waals surface area contributed by atoms with Crippen LogP contribution in [-0.4, -0.2) is 48.0 Å². The fraction of sp³-hybridized carbons (Fsp3) is 0.417. The van der Waals surface area contributed by atoms with Gasteiger partial charge in [-0.25, -0.2) is 9.40 Å². The summed E-state index contributed by atoms with van der Waals surface area (Å²) in [5, 5.41) is 6.15. The second kappa shape index (κ2) is 8.30. The molecule has 0 spiro atoms. The van der Waals surface area contributed by atoms with Crippen molar-refractivity contribution in [1.82, 2.24) is 9.91 Å². The van der Waals surface area contributed by atoms with Crippen LogP contribution in [0.25, 0.3) is 0 Å². The van der Waals surface area contributed by atoms with Crippen molar-refractivity contribution in [2.24, 2.45) is 11.0 Å². The highest BCUT2D eigenvalue weighted by molar-refractivity contribution is 6.03. The number of likely N-dealkylation sites (tertiary alicyclic amines) is 1. The van der Waals surface area contributed by atoms with E-state index in [-0.39, 0.29) is 24.6 Å². The summed E-state index contributed by atoms with van der Waals surface area (Å²) in [6.45, 7) is 4.59. The topological polar surface area (TPSA) is 54.4 Å². The fourth-order valence-corrected chi connectivity index (χ4v) is 4.46. The Morgan fingerprint density at radius 2 is 1.90 bits per heavy atom. The van der Waals surface area contributed by atoms with Crippen LogP contribution in [0.2, 0.25) is 0 Å². The number of hydrogen-bond donors (Lipinski definition) is 0. The SMILES string of the molecule is CC1CCN(CC(=O)N2N=C(c3ccccc3F)CC2c2ccc3c(c2)OCO3)CC1. The van der Waals surface area contributed by atoms with Crippen LogP contribution in [0.4, 0.5) is 4.39 Å². The Bertz CT molecular complexity index is 1020. The van der Waals surface area contributed by atoms with E-state index in [0.717, 1.165) is 31.5 Å². The van der Waals surface area contributed by atoms with Gasteiger partial charge >= 0.3 is 0 Å². The van der Waals surface area contributed by atoms with Gasteiger partial charge in [0, 0.05) is 12.0 Å². The quantitative estimate of drug-likeness (QED) is 0.747. The maximum Gasteiger partial charge on any atom is 0.257 e. The third-order valence-electron chi connectivity index (χ3n) is 6.37. The van der Waals surface area contributed by atoms with Crippen LogP contribution in [0.15, 0.2) is 47.6 Å². The van der Waals surface area contributed by atoms with Gasteiger partial charge in [-0.1, -0.05) is 31.2 Å². The van der Waals surface area contributed by atoms with Gasteiger partial charge in [-0.05, 0) is 55.6 Å². The molecule has 31 heavy (non-hydrogen) atoms. The minimum atomic E-state index is -0.329. The lowest BCUT2D eigenvalue weighted by molar-refractivity contribution is -0.134. The van der Waals surface area contributed by atoms with E-state index >= 15 is 0 Å². The van der Waals surface area contributed by atoms with Crippen molar-refractivity contribution in [3.8, 4) is 11.5 Å². The maximum atomic E-state index is 14.5. The standard InChI is InChI=1S/C24H26FN3O3/c1-16-8-10-27(11-9-16)14-24(29)28-21(17-6-7-22-23(12-17)31-15-30-22)13-20(26-28)18-4-2-3-5-19(18)25/h2-7,12,16,21H,8-11,13-15H2,1H3. The number of carbonyl (C=O) groups excluding carboxylic acids is 1. The van der Waals surface area contributed by atoms with Gasteiger partial charge in [0.15, 0.2) is 11.5 Å². The molecule has 0 N–H and O–H groups in total.